The van der Waals surface area contributed by atoms with Gasteiger partial charge in [0.25, 0.3) is 0 Å². The molecule has 162 valence electrons. The average molecular weight is 435 g/mol. The monoisotopic (exact) mass is 434 g/mol. The molecule has 0 N–H and O–H groups in total. The summed E-state index contributed by atoms with van der Waals surface area (Å²) < 4.78 is 40.2. The van der Waals surface area contributed by atoms with Crippen molar-refractivity contribution in [3.63, 3.8) is 0 Å². The van der Waals surface area contributed by atoms with E-state index in [9.17, 15) is 12.8 Å². The average Bonchev–Trinajstić information content (AvgIpc) is 2.74. The molecule has 0 bridgehead atoms. The third-order valence-electron chi connectivity index (χ3n) is 5.63. The molecular formula is C20H27FN6O2S. The van der Waals surface area contributed by atoms with Gasteiger partial charge in [-0.15, -0.1) is 0 Å². The summed E-state index contributed by atoms with van der Waals surface area (Å²) >= 11 is 0. The van der Waals surface area contributed by atoms with E-state index in [4.69, 9.17) is 4.98 Å². The summed E-state index contributed by atoms with van der Waals surface area (Å²) in [6.07, 6.45) is 0. The van der Waals surface area contributed by atoms with Crippen molar-refractivity contribution < 1.29 is 12.8 Å². The highest BCUT2D eigenvalue weighted by Crippen LogP contribution is 2.22. The van der Waals surface area contributed by atoms with Gasteiger partial charge < -0.3 is 14.7 Å². The van der Waals surface area contributed by atoms with Crippen LogP contribution in [0.25, 0.3) is 0 Å². The van der Waals surface area contributed by atoms with Crippen molar-refractivity contribution in [2.24, 2.45) is 0 Å². The van der Waals surface area contributed by atoms with E-state index < -0.39 is 15.8 Å². The molecule has 3 heterocycles. The van der Waals surface area contributed by atoms with Gasteiger partial charge in [-0.05, 0) is 38.2 Å². The summed E-state index contributed by atoms with van der Waals surface area (Å²) in [5.74, 6) is 1.11. The molecule has 2 saturated heterocycles. The molecule has 0 radical (unpaired) electrons. The Morgan fingerprint density at radius 1 is 0.867 bits per heavy atom. The zero-order valence-corrected chi connectivity index (χ0v) is 18.1. The molecule has 2 aliphatic rings. The lowest BCUT2D eigenvalue weighted by Crippen LogP contribution is -2.49. The SMILES string of the molecule is Cc1cc(N2CCN(C)CC2)nc(N2CCN(S(=O)(=O)c3ccc(F)cc3)CC2)n1. The first kappa shape index (κ1) is 21.0. The van der Waals surface area contributed by atoms with E-state index in [1.807, 2.05) is 17.9 Å². The van der Waals surface area contributed by atoms with Gasteiger partial charge in [-0.25, -0.2) is 17.8 Å². The van der Waals surface area contributed by atoms with E-state index in [1.165, 1.54) is 28.6 Å². The highest BCUT2D eigenvalue weighted by Gasteiger charge is 2.29. The second-order valence-electron chi connectivity index (χ2n) is 7.80. The van der Waals surface area contributed by atoms with Crippen LogP contribution in [0.3, 0.4) is 0 Å². The zero-order chi connectivity index (χ0) is 21.3. The van der Waals surface area contributed by atoms with Crippen LogP contribution in [0.1, 0.15) is 5.69 Å². The number of rotatable bonds is 4. The number of aromatic nitrogens is 2. The van der Waals surface area contributed by atoms with E-state index in [0.717, 1.165) is 37.7 Å². The zero-order valence-electron chi connectivity index (χ0n) is 17.3. The first-order valence-corrected chi connectivity index (χ1v) is 11.6. The van der Waals surface area contributed by atoms with Crippen LogP contribution in [0, 0.1) is 12.7 Å². The quantitative estimate of drug-likeness (QED) is 0.716. The molecule has 0 aliphatic carbocycles. The van der Waals surface area contributed by atoms with Crippen LogP contribution in [0.15, 0.2) is 35.2 Å². The number of halogens is 1. The number of piperazine rings is 2. The van der Waals surface area contributed by atoms with Crippen molar-refractivity contribution in [1.29, 1.82) is 0 Å². The number of hydrogen-bond donors (Lipinski definition) is 0. The van der Waals surface area contributed by atoms with Crippen LogP contribution in [-0.4, -0.2) is 87.0 Å². The second-order valence-corrected chi connectivity index (χ2v) is 9.74. The lowest BCUT2D eigenvalue weighted by molar-refractivity contribution is 0.312. The fourth-order valence-electron chi connectivity index (χ4n) is 3.76. The third-order valence-corrected chi connectivity index (χ3v) is 7.54. The lowest BCUT2D eigenvalue weighted by atomic mass is 10.3. The van der Waals surface area contributed by atoms with Crippen LogP contribution in [0.2, 0.25) is 0 Å². The highest BCUT2D eigenvalue weighted by atomic mass is 32.2. The van der Waals surface area contributed by atoms with E-state index in [2.05, 4.69) is 21.8 Å². The van der Waals surface area contributed by atoms with E-state index >= 15 is 0 Å². The van der Waals surface area contributed by atoms with Gasteiger partial charge in [0.05, 0.1) is 4.90 Å². The summed E-state index contributed by atoms with van der Waals surface area (Å²) in [6, 6.07) is 6.96. The Labute approximate surface area is 177 Å². The van der Waals surface area contributed by atoms with Crippen molar-refractivity contribution >= 4 is 21.8 Å². The first-order chi connectivity index (χ1) is 14.3. The minimum Gasteiger partial charge on any atom is -0.354 e. The molecule has 30 heavy (non-hydrogen) atoms. The number of aryl methyl sites for hydroxylation is 1. The molecule has 2 fully saturated rings. The molecule has 0 unspecified atom stereocenters. The van der Waals surface area contributed by atoms with Crippen LogP contribution < -0.4 is 9.80 Å². The normalized spacial score (nSPS) is 19.3. The molecule has 0 saturated carbocycles. The largest absolute Gasteiger partial charge is 0.354 e. The number of hydrogen-bond acceptors (Lipinski definition) is 7. The maximum absolute atomic E-state index is 13.1. The number of sulfonamides is 1. The van der Waals surface area contributed by atoms with Crippen molar-refractivity contribution in [2.45, 2.75) is 11.8 Å². The lowest BCUT2D eigenvalue weighted by Gasteiger charge is -2.36. The molecule has 1 aromatic carbocycles. The summed E-state index contributed by atoms with van der Waals surface area (Å²) in [6.45, 7) is 7.49. The van der Waals surface area contributed by atoms with Gasteiger partial charge in [-0.2, -0.15) is 9.29 Å². The molecule has 10 heteroatoms. The van der Waals surface area contributed by atoms with Crippen molar-refractivity contribution in [2.75, 3.05) is 69.2 Å². The van der Waals surface area contributed by atoms with Gasteiger partial charge in [-0.1, -0.05) is 0 Å². The molecule has 4 rings (SSSR count). The maximum Gasteiger partial charge on any atom is 0.243 e. The van der Waals surface area contributed by atoms with Crippen molar-refractivity contribution in [3.8, 4) is 0 Å². The van der Waals surface area contributed by atoms with Gasteiger partial charge in [0.1, 0.15) is 11.6 Å². The predicted octanol–water partition coefficient (Wildman–Crippen LogP) is 1.19. The number of anilines is 2. The molecule has 0 amide bonds. The Bertz CT molecular complexity index is 985. The Morgan fingerprint density at radius 2 is 1.47 bits per heavy atom. The van der Waals surface area contributed by atoms with Crippen LogP contribution >= 0.6 is 0 Å². The van der Waals surface area contributed by atoms with Crippen LogP contribution in [0.5, 0.6) is 0 Å². The van der Waals surface area contributed by atoms with Crippen LogP contribution in [0.4, 0.5) is 16.2 Å². The van der Waals surface area contributed by atoms with Gasteiger partial charge >= 0.3 is 0 Å². The van der Waals surface area contributed by atoms with E-state index in [-0.39, 0.29) is 4.90 Å². The van der Waals surface area contributed by atoms with Gasteiger partial charge in [0.2, 0.25) is 16.0 Å². The number of benzene rings is 1. The Kier molecular flexibility index (Phi) is 5.90. The van der Waals surface area contributed by atoms with Crippen LogP contribution in [-0.2, 0) is 10.0 Å². The Hall–Kier alpha value is -2.30. The summed E-state index contributed by atoms with van der Waals surface area (Å²) in [4.78, 5) is 16.1. The van der Waals surface area contributed by atoms with Gasteiger partial charge in [0, 0.05) is 64.1 Å². The molecule has 2 aliphatic heterocycles. The van der Waals surface area contributed by atoms with Crippen molar-refractivity contribution in [3.05, 3.63) is 41.8 Å². The number of nitrogens with zero attached hydrogens (tertiary/aromatic N) is 6. The fraction of sp³-hybridized carbons (Fsp3) is 0.500. The van der Waals surface area contributed by atoms with E-state index in [1.54, 1.807) is 0 Å². The molecule has 1 aromatic heterocycles. The topological polar surface area (TPSA) is 72.9 Å². The number of likely N-dealkylation sites (N-methyl/N-ethyl adjacent to an activating group) is 1. The summed E-state index contributed by atoms with van der Waals surface area (Å²) in [5.41, 5.74) is 0.898. The second kappa shape index (κ2) is 8.44. The Balaban J connectivity index is 1.46. The molecule has 8 nitrogen and oxygen atoms in total. The minimum absolute atomic E-state index is 0.113. The highest BCUT2D eigenvalue weighted by molar-refractivity contribution is 7.89. The molecule has 0 spiro atoms. The molecule has 0 atom stereocenters. The minimum atomic E-state index is -3.64. The van der Waals surface area contributed by atoms with Crippen molar-refractivity contribution in [1.82, 2.24) is 19.2 Å². The summed E-state index contributed by atoms with van der Waals surface area (Å²) in [5, 5.41) is 0. The first-order valence-electron chi connectivity index (χ1n) is 10.1. The standard InChI is InChI=1S/C20H27FN6O2S/c1-16-15-19(25-9-7-24(2)8-10-25)23-20(22-16)26-11-13-27(14-12-26)30(28,29)18-5-3-17(21)4-6-18/h3-6,15H,7-14H2,1-2H3. The summed E-state index contributed by atoms with van der Waals surface area (Å²) in [7, 11) is -1.52. The third kappa shape index (κ3) is 4.40. The fourth-order valence-corrected chi connectivity index (χ4v) is 5.18. The predicted molar refractivity (Wildman–Crippen MR) is 114 cm³/mol. The van der Waals surface area contributed by atoms with E-state index in [0.29, 0.717) is 32.1 Å². The van der Waals surface area contributed by atoms with Gasteiger partial charge in [-0.3, -0.25) is 0 Å². The smallest absolute Gasteiger partial charge is 0.243 e. The molecule has 2 aromatic rings. The van der Waals surface area contributed by atoms with Gasteiger partial charge in [0.15, 0.2) is 0 Å². The maximum atomic E-state index is 13.1. The molecular weight excluding hydrogens is 407 g/mol. The Morgan fingerprint density at radius 3 is 2.10 bits per heavy atom.